The Labute approximate surface area is 90.1 Å². The van der Waals surface area contributed by atoms with Crippen molar-refractivity contribution in [2.45, 2.75) is 36.5 Å². The molecule has 2 aliphatic carbocycles. The van der Waals surface area contributed by atoms with Crippen LogP contribution in [0.5, 0.6) is 0 Å². The highest BCUT2D eigenvalue weighted by atomic mass is 32.2. The van der Waals surface area contributed by atoms with Crippen molar-refractivity contribution >= 4 is 17.7 Å². The molecule has 2 fully saturated rings. The second kappa shape index (κ2) is 3.65. The van der Waals surface area contributed by atoms with Gasteiger partial charge in [0.25, 0.3) is 0 Å². The highest BCUT2D eigenvalue weighted by Gasteiger charge is 2.41. The zero-order valence-corrected chi connectivity index (χ0v) is 9.81. The van der Waals surface area contributed by atoms with Gasteiger partial charge in [0.05, 0.1) is 6.54 Å². The maximum Gasteiger partial charge on any atom is 0.191 e. The highest BCUT2D eigenvalue weighted by molar-refractivity contribution is 8.00. The molecule has 14 heavy (non-hydrogen) atoms. The van der Waals surface area contributed by atoms with Gasteiger partial charge in [-0.1, -0.05) is 0 Å². The fraction of sp³-hybridized carbons (Fsp3) is 0.900. The zero-order valence-electron chi connectivity index (χ0n) is 8.99. The Kier molecular flexibility index (Phi) is 2.64. The van der Waals surface area contributed by atoms with Gasteiger partial charge in [-0.25, -0.2) is 0 Å². The molecule has 80 valence electrons. The minimum atomic E-state index is 0.439. The topological polar surface area (TPSA) is 41.6 Å². The van der Waals surface area contributed by atoms with Crippen molar-refractivity contribution in [2.24, 2.45) is 10.7 Å². The summed E-state index contributed by atoms with van der Waals surface area (Å²) in [6.07, 6.45) is 7.33. The van der Waals surface area contributed by atoms with E-state index in [1.807, 2.05) is 11.8 Å². The third-order valence-corrected chi connectivity index (χ3v) is 4.63. The highest BCUT2D eigenvalue weighted by Crippen LogP contribution is 2.47. The molecule has 0 amide bonds. The lowest BCUT2D eigenvalue weighted by atomic mass is 10.4. The van der Waals surface area contributed by atoms with Gasteiger partial charge < -0.3 is 10.6 Å². The van der Waals surface area contributed by atoms with Gasteiger partial charge in [-0.3, -0.25) is 4.99 Å². The van der Waals surface area contributed by atoms with E-state index < -0.39 is 0 Å². The van der Waals surface area contributed by atoms with Crippen LogP contribution in [-0.2, 0) is 0 Å². The van der Waals surface area contributed by atoms with Crippen molar-refractivity contribution in [1.29, 1.82) is 0 Å². The van der Waals surface area contributed by atoms with Gasteiger partial charge in [-0.05, 0) is 31.9 Å². The molecule has 2 rings (SSSR count). The average molecular weight is 213 g/mol. The molecule has 2 aliphatic rings. The van der Waals surface area contributed by atoms with Crippen molar-refractivity contribution in [3.8, 4) is 0 Å². The predicted molar refractivity (Wildman–Crippen MR) is 62.8 cm³/mol. The van der Waals surface area contributed by atoms with Crippen LogP contribution in [0.15, 0.2) is 4.99 Å². The van der Waals surface area contributed by atoms with Crippen molar-refractivity contribution in [3.05, 3.63) is 0 Å². The lowest BCUT2D eigenvalue weighted by molar-refractivity contribution is 0.487. The van der Waals surface area contributed by atoms with E-state index in [2.05, 4.69) is 23.2 Å². The molecular weight excluding hydrogens is 194 g/mol. The number of nitrogens with zero attached hydrogens (tertiary/aromatic N) is 2. The van der Waals surface area contributed by atoms with E-state index in [1.165, 1.54) is 25.7 Å². The van der Waals surface area contributed by atoms with Gasteiger partial charge in [0.1, 0.15) is 0 Å². The molecule has 0 spiro atoms. The Morgan fingerprint density at radius 3 is 2.64 bits per heavy atom. The van der Waals surface area contributed by atoms with Gasteiger partial charge in [0.2, 0.25) is 0 Å². The molecular formula is C10H19N3S. The van der Waals surface area contributed by atoms with Crippen LogP contribution in [-0.4, -0.2) is 41.5 Å². The smallest absolute Gasteiger partial charge is 0.191 e. The number of guanidine groups is 1. The van der Waals surface area contributed by atoms with Crippen LogP contribution in [0.4, 0.5) is 0 Å². The minimum Gasteiger partial charge on any atom is -0.370 e. The standard InChI is InChI=1S/C10H19N3S/c1-13(8-3-4-8)9(11)12-7-10(14-2)5-6-10/h8H,3-7H2,1-2H3,(H2,11,12). The fourth-order valence-corrected chi connectivity index (χ4v) is 2.26. The SMILES string of the molecule is CSC1(CN=C(N)N(C)C2CC2)CC1. The first kappa shape index (κ1) is 10.1. The second-order valence-electron chi connectivity index (χ2n) is 4.40. The second-order valence-corrected chi connectivity index (χ2v) is 5.68. The Morgan fingerprint density at radius 2 is 2.21 bits per heavy atom. The van der Waals surface area contributed by atoms with Crippen molar-refractivity contribution in [3.63, 3.8) is 0 Å². The van der Waals surface area contributed by atoms with E-state index in [-0.39, 0.29) is 0 Å². The van der Waals surface area contributed by atoms with Crippen LogP contribution < -0.4 is 5.73 Å². The molecule has 2 N–H and O–H groups in total. The Bertz CT molecular complexity index is 244. The normalized spacial score (nSPS) is 24.9. The maximum atomic E-state index is 5.91. The summed E-state index contributed by atoms with van der Waals surface area (Å²) in [6, 6.07) is 0.670. The van der Waals surface area contributed by atoms with E-state index >= 15 is 0 Å². The van der Waals surface area contributed by atoms with Gasteiger partial charge in [-0.2, -0.15) is 11.8 Å². The summed E-state index contributed by atoms with van der Waals surface area (Å²) in [4.78, 5) is 6.61. The molecule has 0 heterocycles. The average Bonchev–Trinajstić information content (AvgIpc) is 3.04. The van der Waals surface area contributed by atoms with E-state index in [9.17, 15) is 0 Å². The number of nitrogens with two attached hydrogens (primary N) is 1. The predicted octanol–water partition coefficient (Wildman–Crippen LogP) is 1.29. The number of rotatable bonds is 4. The van der Waals surface area contributed by atoms with E-state index in [0.29, 0.717) is 10.8 Å². The first-order chi connectivity index (χ1) is 6.67. The van der Waals surface area contributed by atoms with Crippen LogP contribution >= 0.6 is 11.8 Å². The molecule has 0 aromatic carbocycles. The molecule has 0 aromatic heterocycles. The van der Waals surface area contributed by atoms with Gasteiger partial charge in [0.15, 0.2) is 5.96 Å². The van der Waals surface area contributed by atoms with Crippen molar-refractivity contribution in [2.75, 3.05) is 19.8 Å². The summed E-state index contributed by atoms with van der Waals surface area (Å²) in [6.45, 7) is 0.900. The molecule has 0 bridgehead atoms. The van der Waals surface area contributed by atoms with Gasteiger partial charge >= 0.3 is 0 Å². The van der Waals surface area contributed by atoms with Crippen LogP contribution in [0, 0.1) is 0 Å². The fourth-order valence-electron chi connectivity index (χ4n) is 1.55. The zero-order chi connectivity index (χ0) is 10.2. The summed E-state index contributed by atoms with van der Waals surface area (Å²) >= 11 is 1.93. The van der Waals surface area contributed by atoms with Crippen molar-refractivity contribution < 1.29 is 0 Å². The first-order valence-corrected chi connectivity index (χ1v) is 6.47. The number of thioether (sulfide) groups is 1. The van der Waals surface area contributed by atoms with Gasteiger partial charge in [0, 0.05) is 17.8 Å². The summed E-state index contributed by atoms with van der Waals surface area (Å²) in [5, 5.41) is 0. The van der Waals surface area contributed by atoms with Crippen LogP contribution in [0.25, 0.3) is 0 Å². The molecule has 0 radical (unpaired) electrons. The molecule has 0 unspecified atom stereocenters. The molecule has 4 heteroatoms. The summed E-state index contributed by atoms with van der Waals surface area (Å²) in [5.41, 5.74) is 5.91. The van der Waals surface area contributed by atoms with Crippen molar-refractivity contribution in [1.82, 2.24) is 4.90 Å². The molecule has 0 saturated heterocycles. The molecule has 2 saturated carbocycles. The number of hydrogen-bond acceptors (Lipinski definition) is 2. The maximum absolute atomic E-state index is 5.91. The third-order valence-electron chi connectivity index (χ3n) is 3.23. The molecule has 0 atom stereocenters. The van der Waals surface area contributed by atoms with E-state index in [1.54, 1.807) is 0 Å². The van der Waals surface area contributed by atoms with Crippen LogP contribution in [0.3, 0.4) is 0 Å². The Balaban J connectivity index is 1.83. The van der Waals surface area contributed by atoms with E-state index in [4.69, 9.17) is 5.73 Å². The quantitative estimate of drug-likeness (QED) is 0.565. The summed E-state index contributed by atoms with van der Waals surface area (Å²) in [7, 11) is 2.05. The number of hydrogen-bond donors (Lipinski definition) is 1. The minimum absolute atomic E-state index is 0.439. The Hall–Kier alpha value is -0.380. The lowest BCUT2D eigenvalue weighted by Crippen LogP contribution is -2.36. The van der Waals surface area contributed by atoms with Gasteiger partial charge in [-0.15, -0.1) is 0 Å². The molecule has 0 aromatic rings. The van der Waals surface area contributed by atoms with E-state index in [0.717, 1.165) is 12.5 Å². The van der Waals surface area contributed by atoms with Crippen LogP contribution in [0.2, 0.25) is 0 Å². The number of aliphatic imine (C=N–C) groups is 1. The monoisotopic (exact) mass is 213 g/mol. The third kappa shape index (κ3) is 2.16. The molecule has 3 nitrogen and oxygen atoms in total. The summed E-state index contributed by atoms with van der Waals surface area (Å²) in [5.74, 6) is 0.729. The first-order valence-electron chi connectivity index (χ1n) is 5.25. The summed E-state index contributed by atoms with van der Waals surface area (Å²) < 4.78 is 0.439. The Morgan fingerprint density at radius 1 is 1.57 bits per heavy atom. The largest absolute Gasteiger partial charge is 0.370 e. The van der Waals surface area contributed by atoms with Crippen LogP contribution in [0.1, 0.15) is 25.7 Å². The molecule has 0 aliphatic heterocycles. The lowest BCUT2D eigenvalue weighted by Gasteiger charge is -2.18.